The Balaban J connectivity index is 2.38. The van der Waals surface area contributed by atoms with Crippen LogP contribution >= 0.6 is 0 Å². The van der Waals surface area contributed by atoms with Crippen molar-refractivity contribution in [2.24, 2.45) is 0 Å². The van der Waals surface area contributed by atoms with Gasteiger partial charge in [-0.2, -0.15) is 0 Å². The molecule has 25 heavy (non-hydrogen) atoms. The van der Waals surface area contributed by atoms with E-state index in [-0.39, 0.29) is 17.5 Å². The van der Waals surface area contributed by atoms with Crippen molar-refractivity contribution >= 4 is 17.5 Å². The third-order valence-corrected chi connectivity index (χ3v) is 4.09. The zero-order chi connectivity index (χ0) is 18.6. The Morgan fingerprint density at radius 2 is 1.84 bits per heavy atom. The van der Waals surface area contributed by atoms with E-state index >= 15 is 0 Å². The van der Waals surface area contributed by atoms with Gasteiger partial charge in [-0.3, -0.25) is 19.7 Å². The van der Waals surface area contributed by atoms with Crippen molar-refractivity contribution in [2.75, 3.05) is 6.54 Å². The minimum Gasteiger partial charge on any atom is -0.349 e. The summed E-state index contributed by atoms with van der Waals surface area (Å²) in [5.74, 6) is -0.318. The quantitative estimate of drug-likeness (QED) is 0.669. The zero-order valence-electron chi connectivity index (χ0n) is 14.9. The highest BCUT2D eigenvalue weighted by molar-refractivity contribution is 5.89. The monoisotopic (exact) mass is 347 g/mol. The fraction of sp³-hybridized carbons (Fsp3) is 0.556. The molecule has 1 aliphatic rings. The maximum absolute atomic E-state index is 12.9. The number of carbonyl (C=O) groups is 2. The molecule has 1 fully saturated rings. The van der Waals surface area contributed by atoms with Gasteiger partial charge < -0.3 is 10.2 Å². The van der Waals surface area contributed by atoms with Crippen LogP contribution in [0.4, 0.5) is 5.69 Å². The number of hydrogen-bond donors (Lipinski definition) is 1. The Morgan fingerprint density at radius 3 is 2.40 bits per heavy atom. The number of benzene rings is 1. The van der Waals surface area contributed by atoms with Crippen LogP contribution < -0.4 is 5.32 Å². The van der Waals surface area contributed by atoms with Crippen LogP contribution in [-0.2, 0) is 9.59 Å². The summed E-state index contributed by atoms with van der Waals surface area (Å²) in [4.78, 5) is 37.4. The standard InChI is InChI=1S/C18H25N3O4/c1-18(2,3)19-17(23)16(20-12-6-4-5-7-15(20)22)13-8-10-14(11-9-13)21(24)25/h8-11,16H,4-7,12H2,1-3H3,(H,19,23). The molecule has 1 unspecified atom stereocenters. The second kappa shape index (κ2) is 7.63. The van der Waals surface area contributed by atoms with E-state index in [4.69, 9.17) is 0 Å². The van der Waals surface area contributed by atoms with Gasteiger partial charge in [0.05, 0.1) is 4.92 Å². The second-order valence-corrected chi connectivity index (χ2v) is 7.39. The molecule has 0 bridgehead atoms. The molecule has 7 nitrogen and oxygen atoms in total. The van der Waals surface area contributed by atoms with Gasteiger partial charge in [-0.25, -0.2) is 0 Å². The largest absolute Gasteiger partial charge is 0.349 e. The maximum Gasteiger partial charge on any atom is 0.269 e. The van der Waals surface area contributed by atoms with Gasteiger partial charge in [-0.05, 0) is 51.3 Å². The first-order valence-corrected chi connectivity index (χ1v) is 8.55. The Bertz CT molecular complexity index is 649. The molecule has 1 aliphatic heterocycles. The lowest BCUT2D eigenvalue weighted by Crippen LogP contribution is -2.49. The minimum absolute atomic E-state index is 0.0408. The van der Waals surface area contributed by atoms with Crippen LogP contribution in [0, 0.1) is 10.1 Å². The van der Waals surface area contributed by atoms with E-state index in [1.54, 1.807) is 17.0 Å². The van der Waals surface area contributed by atoms with E-state index in [0.717, 1.165) is 19.3 Å². The number of nitrogens with zero attached hydrogens (tertiary/aromatic N) is 2. The van der Waals surface area contributed by atoms with Crippen molar-refractivity contribution in [3.8, 4) is 0 Å². The van der Waals surface area contributed by atoms with Gasteiger partial charge in [0.15, 0.2) is 0 Å². The number of carbonyl (C=O) groups excluding carboxylic acids is 2. The number of likely N-dealkylation sites (tertiary alicyclic amines) is 1. The van der Waals surface area contributed by atoms with E-state index in [1.807, 2.05) is 20.8 Å². The van der Waals surface area contributed by atoms with Crippen LogP contribution in [0.3, 0.4) is 0 Å². The van der Waals surface area contributed by atoms with E-state index in [2.05, 4.69) is 5.32 Å². The highest BCUT2D eigenvalue weighted by Gasteiger charge is 2.33. The van der Waals surface area contributed by atoms with Crippen LogP contribution in [0.1, 0.15) is 58.1 Å². The van der Waals surface area contributed by atoms with Gasteiger partial charge in [0.2, 0.25) is 11.8 Å². The number of hydrogen-bond acceptors (Lipinski definition) is 4. The lowest BCUT2D eigenvalue weighted by atomic mass is 10.0. The van der Waals surface area contributed by atoms with Crippen molar-refractivity contribution < 1.29 is 14.5 Å². The summed E-state index contributed by atoms with van der Waals surface area (Å²) in [6.45, 7) is 6.14. The highest BCUT2D eigenvalue weighted by atomic mass is 16.6. The molecule has 136 valence electrons. The SMILES string of the molecule is CC(C)(C)NC(=O)C(c1ccc([N+](=O)[O-])cc1)N1CCCCCC1=O. The molecule has 0 spiro atoms. The van der Waals surface area contributed by atoms with Gasteiger partial charge >= 0.3 is 0 Å². The fourth-order valence-electron chi connectivity index (χ4n) is 2.97. The van der Waals surface area contributed by atoms with Crippen LogP contribution in [0.15, 0.2) is 24.3 Å². The van der Waals surface area contributed by atoms with Crippen LogP contribution in [-0.4, -0.2) is 33.7 Å². The molecule has 1 heterocycles. The Labute approximate surface area is 147 Å². The van der Waals surface area contributed by atoms with Crippen LogP contribution in [0.5, 0.6) is 0 Å². The normalized spacial score (nSPS) is 16.9. The first kappa shape index (κ1) is 18.9. The fourth-order valence-corrected chi connectivity index (χ4v) is 2.97. The van der Waals surface area contributed by atoms with Gasteiger partial charge in [-0.15, -0.1) is 0 Å². The topological polar surface area (TPSA) is 92.5 Å². The molecule has 1 aromatic carbocycles. The molecule has 2 amide bonds. The molecule has 0 aromatic heterocycles. The van der Waals surface area contributed by atoms with Crippen molar-refractivity contribution in [1.29, 1.82) is 0 Å². The Hall–Kier alpha value is -2.44. The molecule has 1 N–H and O–H groups in total. The summed E-state index contributed by atoms with van der Waals surface area (Å²) in [7, 11) is 0. The number of amides is 2. The van der Waals surface area contributed by atoms with Crippen molar-refractivity contribution in [1.82, 2.24) is 10.2 Å². The molecular weight excluding hydrogens is 322 g/mol. The van der Waals surface area contributed by atoms with Crippen LogP contribution in [0.2, 0.25) is 0 Å². The summed E-state index contributed by atoms with van der Waals surface area (Å²) in [5.41, 5.74) is 0.105. The molecule has 1 saturated heterocycles. The van der Waals surface area contributed by atoms with Gasteiger partial charge in [0, 0.05) is 30.6 Å². The Morgan fingerprint density at radius 1 is 1.20 bits per heavy atom. The molecule has 0 radical (unpaired) electrons. The van der Waals surface area contributed by atoms with Crippen molar-refractivity contribution in [3.05, 3.63) is 39.9 Å². The smallest absolute Gasteiger partial charge is 0.269 e. The number of nitrogens with one attached hydrogen (secondary N) is 1. The van der Waals surface area contributed by atoms with Crippen molar-refractivity contribution in [2.45, 2.75) is 58.0 Å². The third-order valence-electron chi connectivity index (χ3n) is 4.09. The summed E-state index contributed by atoms with van der Waals surface area (Å²) in [6.07, 6.45) is 3.05. The number of rotatable bonds is 4. The molecular formula is C18H25N3O4. The molecule has 0 saturated carbocycles. The lowest BCUT2D eigenvalue weighted by Gasteiger charge is -2.33. The summed E-state index contributed by atoms with van der Waals surface area (Å²) in [6, 6.07) is 5.08. The molecule has 7 heteroatoms. The zero-order valence-corrected chi connectivity index (χ0v) is 14.9. The summed E-state index contributed by atoms with van der Waals surface area (Å²) < 4.78 is 0. The van der Waals surface area contributed by atoms with Gasteiger partial charge in [0.25, 0.3) is 5.69 Å². The first-order valence-electron chi connectivity index (χ1n) is 8.55. The van der Waals surface area contributed by atoms with E-state index in [0.29, 0.717) is 18.5 Å². The average molecular weight is 347 g/mol. The summed E-state index contributed by atoms with van der Waals surface area (Å²) in [5, 5.41) is 13.8. The second-order valence-electron chi connectivity index (χ2n) is 7.39. The molecule has 1 atom stereocenters. The number of non-ortho nitro benzene ring substituents is 1. The predicted molar refractivity (Wildman–Crippen MR) is 93.9 cm³/mol. The summed E-state index contributed by atoms with van der Waals surface area (Å²) >= 11 is 0. The Kier molecular flexibility index (Phi) is 5.77. The third kappa shape index (κ3) is 5.01. The van der Waals surface area contributed by atoms with Crippen LogP contribution in [0.25, 0.3) is 0 Å². The highest BCUT2D eigenvalue weighted by Crippen LogP contribution is 2.27. The van der Waals surface area contributed by atoms with E-state index < -0.39 is 16.5 Å². The van der Waals surface area contributed by atoms with Gasteiger partial charge in [-0.1, -0.05) is 6.42 Å². The first-order chi connectivity index (χ1) is 11.7. The molecule has 1 aromatic rings. The van der Waals surface area contributed by atoms with E-state index in [1.165, 1.54) is 12.1 Å². The van der Waals surface area contributed by atoms with Gasteiger partial charge in [0.1, 0.15) is 6.04 Å². The predicted octanol–water partition coefficient (Wildman–Crippen LogP) is 2.95. The number of nitro benzene ring substituents is 1. The van der Waals surface area contributed by atoms with Crippen molar-refractivity contribution in [3.63, 3.8) is 0 Å². The number of nitro groups is 1. The average Bonchev–Trinajstić information content (AvgIpc) is 2.71. The van der Waals surface area contributed by atoms with E-state index in [9.17, 15) is 19.7 Å². The minimum atomic E-state index is -0.773. The lowest BCUT2D eigenvalue weighted by molar-refractivity contribution is -0.384. The molecule has 0 aliphatic carbocycles. The maximum atomic E-state index is 12.9. The molecule has 2 rings (SSSR count).